The minimum Gasteiger partial charge on any atom is -0.376 e. The lowest BCUT2D eigenvalue weighted by Gasteiger charge is -2.16. The summed E-state index contributed by atoms with van der Waals surface area (Å²) in [5.74, 6) is 0. The average molecular weight is 144 g/mol. The van der Waals surface area contributed by atoms with E-state index in [-0.39, 0.29) is 0 Å². The summed E-state index contributed by atoms with van der Waals surface area (Å²) in [4.78, 5) is 0. The van der Waals surface area contributed by atoms with Gasteiger partial charge in [0.15, 0.2) is 0 Å². The molecule has 0 fully saturated rings. The Kier molecular flexibility index (Phi) is 5.70. The predicted octanol–water partition coefficient (Wildman–Crippen LogP) is 2.99. The van der Waals surface area contributed by atoms with E-state index in [2.05, 4.69) is 27.7 Å². The third-order valence-electron chi connectivity index (χ3n) is 1.73. The van der Waals surface area contributed by atoms with Gasteiger partial charge in [-0.2, -0.15) is 0 Å². The van der Waals surface area contributed by atoms with Crippen LogP contribution >= 0.6 is 0 Å². The van der Waals surface area contributed by atoms with E-state index in [0.29, 0.717) is 12.2 Å². The Hall–Kier alpha value is -0.0400. The van der Waals surface area contributed by atoms with Crippen LogP contribution in [0, 0.1) is 0 Å². The van der Waals surface area contributed by atoms with Crippen LogP contribution in [0.1, 0.15) is 47.0 Å². The molecule has 0 aromatic heterocycles. The van der Waals surface area contributed by atoms with E-state index in [0.717, 1.165) is 6.42 Å². The van der Waals surface area contributed by atoms with Crippen molar-refractivity contribution < 1.29 is 4.74 Å². The summed E-state index contributed by atoms with van der Waals surface area (Å²) in [5.41, 5.74) is 0. The highest BCUT2D eigenvalue weighted by molar-refractivity contribution is 4.52. The maximum atomic E-state index is 5.64. The van der Waals surface area contributed by atoms with Gasteiger partial charge < -0.3 is 4.74 Å². The van der Waals surface area contributed by atoms with E-state index in [1.807, 2.05) is 0 Å². The Morgan fingerprint density at radius 3 is 2.10 bits per heavy atom. The van der Waals surface area contributed by atoms with E-state index in [4.69, 9.17) is 4.74 Å². The first-order valence-electron chi connectivity index (χ1n) is 4.36. The molecule has 0 aliphatic carbocycles. The largest absolute Gasteiger partial charge is 0.376 e. The van der Waals surface area contributed by atoms with Gasteiger partial charge in [-0.15, -0.1) is 0 Å². The van der Waals surface area contributed by atoms with E-state index < -0.39 is 0 Å². The fraction of sp³-hybridized carbons (Fsp3) is 1.00. The van der Waals surface area contributed by atoms with Crippen LogP contribution in [-0.2, 0) is 4.74 Å². The molecule has 0 radical (unpaired) electrons. The third-order valence-corrected chi connectivity index (χ3v) is 1.73. The first kappa shape index (κ1) is 9.96. The van der Waals surface area contributed by atoms with E-state index in [1.54, 1.807) is 0 Å². The summed E-state index contributed by atoms with van der Waals surface area (Å²) in [5, 5.41) is 0. The zero-order chi connectivity index (χ0) is 7.98. The molecule has 0 aliphatic heterocycles. The first-order chi connectivity index (χ1) is 4.70. The summed E-state index contributed by atoms with van der Waals surface area (Å²) in [6.45, 7) is 8.63. The molecule has 0 spiro atoms. The molecule has 0 saturated carbocycles. The highest BCUT2D eigenvalue weighted by Gasteiger charge is 2.04. The lowest BCUT2D eigenvalue weighted by atomic mass is 10.2. The molecule has 0 saturated heterocycles. The van der Waals surface area contributed by atoms with Gasteiger partial charge in [0, 0.05) is 0 Å². The van der Waals surface area contributed by atoms with E-state index in [1.165, 1.54) is 12.8 Å². The van der Waals surface area contributed by atoms with Crippen molar-refractivity contribution in [2.45, 2.75) is 59.2 Å². The lowest BCUT2D eigenvalue weighted by molar-refractivity contribution is 0.00228. The molecular formula is C9H20O. The molecule has 1 nitrogen and oxygen atoms in total. The van der Waals surface area contributed by atoms with Crippen molar-refractivity contribution in [1.29, 1.82) is 0 Å². The SMILES string of the molecule is CCC[C@@H](C)O[C@@H](C)CC. The van der Waals surface area contributed by atoms with E-state index in [9.17, 15) is 0 Å². The van der Waals surface area contributed by atoms with Crippen LogP contribution < -0.4 is 0 Å². The minimum atomic E-state index is 0.432. The molecule has 0 N–H and O–H groups in total. The van der Waals surface area contributed by atoms with Gasteiger partial charge in [-0.05, 0) is 26.7 Å². The number of rotatable bonds is 5. The van der Waals surface area contributed by atoms with Gasteiger partial charge in [0.2, 0.25) is 0 Å². The second-order valence-electron chi connectivity index (χ2n) is 2.95. The van der Waals surface area contributed by atoms with E-state index >= 15 is 0 Å². The Labute approximate surface area is 64.8 Å². The Morgan fingerprint density at radius 2 is 1.70 bits per heavy atom. The molecule has 10 heavy (non-hydrogen) atoms. The molecule has 2 atom stereocenters. The van der Waals surface area contributed by atoms with Gasteiger partial charge in [0.05, 0.1) is 12.2 Å². The van der Waals surface area contributed by atoms with Crippen molar-refractivity contribution in [2.24, 2.45) is 0 Å². The predicted molar refractivity (Wildman–Crippen MR) is 45.2 cm³/mol. The van der Waals surface area contributed by atoms with Crippen molar-refractivity contribution in [2.75, 3.05) is 0 Å². The average Bonchev–Trinajstić information content (AvgIpc) is 1.88. The molecular weight excluding hydrogens is 124 g/mol. The molecule has 0 aliphatic rings. The van der Waals surface area contributed by atoms with Crippen LogP contribution in [0.15, 0.2) is 0 Å². The van der Waals surface area contributed by atoms with Crippen molar-refractivity contribution >= 4 is 0 Å². The van der Waals surface area contributed by atoms with Gasteiger partial charge in [-0.25, -0.2) is 0 Å². The monoisotopic (exact) mass is 144 g/mol. The van der Waals surface area contributed by atoms with Crippen LogP contribution in [-0.4, -0.2) is 12.2 Å². The van der Waals surface area contributed by atoms with Crippen LogP contribution in [0.3, 0.4) is 0 Å². The van der Waals surface area contributed by atoms with Crippen LogP contribution in [0.2, 0.25) is 0 Å². The summed E-state index contributed by atoms with van der Waals surface area (Å²) in [6, 6.07) is 0. The zero-order valence-electron chi connectivity index (χ0n) is 7.68. The molecule has 0 bridgehead atoms. The summed E-state index contributed by atoms with van der Waals surface area (Å²) < 4.78 is 5.64. The maximum absolute atomic E-state index is 5.64. The molecule has 0 aromatic carbocycles. The quantitative estimate of drug-likeness (QED) is 0.576. The van der Waals surface area contributed by atoms with Gasteiger partial charge in [-0.3, -0.25) is 0 Å². The van der Waals surface area contributed by atoms with Crippen molar-refractivity contribution in [3.8, 4) is 0 Å². The van der Waals surface area contributed by atoms with Gasteiger partial charge in [0.25, 0.3) is 0 Å². The molecule has 62 valence electrons. The minimum absolute atomic E-state index is 0.432. The van der Waals surface area contributed by atoms with Gasteiger partial charge in [0.1, 0.15) is 0 Å². The van der Waals surface area contributed by atoms with Crippen LogP contribution in [0.4, 0.5) is 0 Å². The summed E-state index contributed by atoms with van der Waals surface area (Å²) in [6.07, 6.45) is 4.40. The topological polar surface area (TPSA) is 9.23 Å². The second-order valence-corrected chi connectivity index (χ2v) is 2.95. The van der Waals surface area contributed by atoms with Gasteiger partial charge >= 0.3 is 0 Å². The zero-order valence-corrected chi connectivity index (χ0v) is 7.68. The van der Waals surface area contributed by atoms with Crippen LogP contribution in [0.25, 0.3) is 0 Å². The number of hydrogen-bond donors (Lipinski definition) is 0. The number of hydrogen-bond acceptors (Lipinski definition) is 1. The highest BCUT2D eigenvalue weighted by atomic mass is 16.5. The van der Waals surface area contributed by atoms with Crippen molar-refractivity contribution in [3.63, 3.8) is 0 Å². The number of ether oxygens (including phenoxy) is 1. The fourth-order valence-electron chi connectivity index (χ4n) is 0.967. The molecule has 0 amide bonds. The Morgan fingerprint density at radius 1 is 1.10 bits per heavy atom. The fourth-order valence-corrected chi connectivity index (χ4v) is 0.967. The molecule has 0 rings (SSSR count). The van der Waals surface area contributed by atoms with Crippen molar-refractivity contribution in [1.82, 2.24) is 0 Å². The second kappa shape index (κ2) is 5.72. The highest BCUT2D eigenvalue weighted by Crippen LogP contribution is 2.06. The van der Waals surface area contributed by atoms with Crippen molar-refractivity contribution in [3.05, 3.63) is 0 Å². The first-order valence-corrected chi connectivity index (χ1v) is 4.36. The van der Waals surface area contributed by atoms with Crippen LogP contribution in [0.5, 0.6) is 0 Å². The molecule has 0 heterocycles. The molecule has 0 unspecified atom stereocenters. The Balaban J connectivity index is 3.27. The molecule has 1 heteroatoms. The lowest BCUT2D eigenvalue weighted by Crippen LogP contribution is -2.15. The normalized spacial score (nSPS) is 16.8. The maximum Gasteiger partial charge on any atom is 0.0550 e. The third kappa shape index (κ3) is 4.80. The molecule has 0 aromatic rings. The smallest absolute Gasteiger partial charge is 0.0550 e. The standard InChI is InChI=1S/C9H20O/c1-5-7-9(4)10-8(3)6-2/h8-9H,5-7H2,1-4H3/t8-,9+/m0/s1. The summed E-state index contributed by atoms with van der Waals surface area (Å²) in [7, 11) is 0. The summed E-state index contributed by atoms with van der Waals surface area (Å²) >= 11 is 0. The van der Waals surface area contributed by atoms with Gasteiger partial charge in [-0.1, -0.05) is 20.3 Å². The Bertz CT molecular complexity index is 71.1.